The van der Waals surface area contributed by atoms with Gasteiger partial charge in [-0.3, -0.25) is 9.59 Å². The molecule has 1 aliphatic heterocycles. The molecule has 0 spiro atoms. The van der Waals surface area contributed by atoms with Crippen LogP contribution in [0.1, 0.15) is 25.3 Å². The van der Waals surface area contributed by atoms with Crippen molar-refractivity contribution in [2.45, 2.75) is 37.1 Å². The van der Waals surface area contributed by atoms with Gasteiger partial charge in [0.05, 0.1) is 6.42 Å². The van der Waals surface area contributed by atoms with Crippen molar-refractivity contribution in [1.82, 2.24) is 0 Å². The summed E-state index contributed by atoms with van der Waals surface area (Å²) in [4.78, 5) is 27.4. The maximum Gasteiger partial charge on any atom is 0.307 e. The van der Waals surface area contributed by atoms with Gasteiger partial charge in [-0.1, -0.05) is 36.4 Å². The van der Waals surface area contributed by atoms with Crippen molar-refractivity contribution < 1.29 is 14.3 Å². The standard InChI is InChI=1S/C21H23NO3S/c1-16-11-12-17-7-5-6-10-19(17)22(16)20(23)15-25-21(24)13-14-26-18-8-3-2-4-9-18/h2-10,16H,11-15H2,1H3. The number of rotatable bonds is 6. The molecule has 136 valence electrons. The number of carbonyl (C=O) groups excluding carboxylic acids is 2. The van der Waals surface area contributed by atoms with E-state index >= 15 is 0 Å². The van der Waals surface area contributed by atoms with Gasteiger partial charge in [-0.05, 0) is 43.5 Å². The lowest BCUT2D eigenvalue weighted by atomic mass is 9.96. The fraction of sp³-hybridized carbons (Fsp3) is 0.333. The number of para-hydroxylation sites is 1. The molecule has 0 bridgehead atoms. The molecule has 1 aliphatic rings. The number of anilines is 1. The zero-order valence-electron chi connectivity index (χ0n) is 14.9. The highest BCUT2D eigenvalue weighted by Crippen LogP contribution is 2.30. The summed E-state index contributed by atoms with van der Waals surface area (Å²) >= 11 is 1.61. The normalized spacial score (nSPS) is 16.0. The Kier molecular flexibility index (Phi) is 6.34. The fourth-order valence-electron chi connectivity index (χ4n) is 3.12. The molecule has 5 heteroatoms. The van der Waals surface area contributed by atoms with Crippen molar-refractivity contribution in [3.8, 4) is 0 Å². The minimum atomic E-state index is -0.334. The van der Waals surface area contributed by atoms with Crippen LogP contribution in [0.4, 0.5) is 5.69 Å². The van der Waals surface area contributed by atoms with Gasteiger partial charge in [0.15, 0.2) is 6.61 Å². The molecule has 2 aromatic carbocycles. The van der Waals surface area contributed by atoms with Crippen LogP contribution < -0.4 is 4.90 Å². The van der Waals surface area contributed by atoms with Gasteiger partial charge >= 0.3 is 5.97 Å². The number of amides is 1. The van der Waals surface area contributed by atoms with Crippen LogP contribution in [0, 0.1) is 0 Å². The Balaban J connectivity index is 1.48. The predicted molar refractivity (Wildman–Crippen MR) is 104 cm³/mol. The van der Waals surface area contributed by atoms with Gasteiger partial charge in [-0.15, -0.1) is 11.8 Å². The van der Waals surface area contributed by atoms with E-state index in [9.17, 15) is 9.59 Å². The van der Waals surface area contributed by atoms with Crippen LogP contribution in [-0.4, -0.2) is 30.3 Å². The summed E-state index contributed by atoms with van der Waals surface area (Å²) in [5, 5.41) is 0. The van der Waals surface area contributed by atoms with Gasteiger partial charge in [0.25, 0.3) is 5.91 Å². The first-order valence-electron chi connectivity index (χ1n) is 8.88. The van der Waals surface area contributed by atoms with E-state index in [0.29, 0.717) is 12.2 Å². The molecule has 0 saturated carbocycles. The highest BCUT2D eigenvalue weighted by Gasteiger charge is 2.28. The fourth-order valence-corrected chi connectivity index (χ4v) is 3.98. The Hall–Kier alpha value is -2.27. The molecule has 2 aromatic rings. The molecule has 4 nitrogen and oxygen atoms in total. The summed E-state index contributed by atoms with van der Waals surface area (Å²) in [6.07, 6.45) is 2.18. The van der Waals surface area contributed by atoms with E-state index in [1.54, 1.807) is 16.7 Å². The van der Waals surface area contributed by atoms with E-state index in [1.807, 2.05) is 61.5 Å². The number of ether oxygens (including phenoxy) is 1. The number of aryl methyl sites for hydroxylation is 1. The number of esters is 1. The summed E-state index contributed by atoms with van der Waals surface area (Å²) in [6.45, 7) is 1.83. The van der Waals surface area contributed by atoms with E-state index in [0.717, 1.165) is 23.4 Å². The van der Waals surface area contributed by atoms with Crippen LogP contribution in [0.25, 0.3) is 0 Å². The molecule has 1 atom stereocenters. The summed E-state index contributed by atoms with van der Waals surface area (Å²) in [7, 11) is 0. The van der Waals surface area contributed by atoms with Crippen molar-refractivity contribution >= 4 is 29.3 Å². The van der Waals surface area contributed by atoms with Gasteiger partial charge in [0.1, 0.15) is 0 Å². The molecule has 26 heavy (non-hydrogen) atoms. The predicted octanol–water partition coefficient (Wildman–Crippen LogP) is 4.08. The Morgan fingerprint density at radius 1 is 1.12 bits per heavy atom. The minimum Gasteiger partial charge on any atom is -0.456 e. The molecular weight excluding hydrogens is 346 g/mol. The van der Waals surface area contributed by atoms with Crippen LogP contribution >= 0.6 is 11.8 Å². The first-order valence-corrected chi connectivity index (χ1v) is 9.87. The average molecular weight is 369 g/mol. The van der Waals surface area contributed by atoms with Gasteiger partial charge in [-0.25, -0.2) is 0 Å². The molecule has 0 saturated heterocycles. The number of nitrogens with zero attached hydrogens (tertiary/aromatic N) is 1. The van der Waals surface area contributed by atoms with E-state index in [4.69, 9.17) is 4.74 Å². The number of fused-ring (bicyclic) bond motifs is 1. The van der Waals surface area contributed by atoms with E-state index in [2.05, 4.69) is 0 Å². The first-order chi connectivity index (χ1) is 12.6. The highest BCUT2D eigenvalue weighted by atomic mass is 32.2. The molecule has 0 fully saturated rings. The maximum atomic E-state index is 12.6. The van der Waals surface area contributed by atoms with Gasteiger partial charge < -0.3 is 9.64 Å². The third kappa shape index (κ3) is 4.67. The Labute approximate surface area is 158 Å². The first kappa shape index (κ1) is 18.5. The third-order valence-electron chi connectivity index (χ3n) is 4.47. The van der Waals surface area contributed by atoms with Crippen LogP contribution in [0.2, 0.25) is 0 Å². The van der Waals surface area contributed by atoms with Crippen molar-refractivity contribution in [2.24, 2.45) is 0 Å². The summed E-state index contributed by atoms with van der Waals surface area (Å²) in [6, 6.07) is 18.0. The second-order valence-electron chi connectivity index (χ2n) is 6.35. The van der Waals surface area contributed by atoms with E-state index < -0.39 is 0 Å². The number of thioether (sulfide) groups is 1. The lowest BCUT2D eigenvalue weighted by molar-refractivity contribution is -0.147. The zero-order chi connectivity index (χ0) is 18.4. The number of carbonyl (C=O) groups is 2. The average Bonchev–Trinajstić information content (AvgIpc) is 2.67. The molecule has 1 unspecified atom stereocenters. The molecule has 1 heterocycles. The highest BCUT2D eigenvalue weighted by molar-refractivity contribution is 7.99. The number of hydrogen-bond acceptors (Lipinski definition) is 4. The minimum absolute atomic E-state index is 0.115. The zero-order valence-corrected chi connectivity index (χ0v) is 15.7. The molecule has 0 aliphatic carbocycles. The quantitative estimate of drug-likeness (QED) is 0.569. The van der Waals surface area contributed by atoms with Crippen molar-refractivity contribution in [2.75, 3.05) is 17.3 Å². The topological polar surface area (TPSA) is 46.6 Å². The molecular formula is C21H23NO3S. The van der Waals surface area contributed by atoms with E-state index in [-0.39, 0.29) is 24.5 Å². The van der Waals surface area contributed by atoms with Gasteiger partial charge in [0, 0.05) is 22.4 Å². The molecule has 3 rings (SSSR count). The van der Waals surface area contributed by atoms with Crippen molar-refractivity contribution in [3.63, 3.8) is 0 Å². The summed E-state index contributed by atoms with van der Waals surface area (Å²) < 4.78 is 5.21. The van der Waals surface area contributed by atoms with Crippen LogP contribution in [0.15, 0.2) is 59.5 Å². The van der Waals surface area contributed by atoms with Crippen LogP contribution in [0.5, 0.6) is 0 Å². The second-order valence-corrected chi connectivity index (χ2v) is 7.52. The van der Waals surface area contributed by atoms with Gasteiger partial charge in [-0.2, -0.15) is 0 Å². The molecule has 0 aromatic heterocycles. The largest absolute Gasteiger partial charge is 0.456 e. The lowest BCUT2D eigenvalue weighted by Gasteiger charge is -2.35. The molecule has 0 radical (unpaired) electrons. The number of hydrogen-bond donors (Lipinski definition) is 0. The van der Waals surface area contributed by atoms with Gasteiger partial charge in [0.2, 0.25) is 0 Å². The maximum absolute atomic E-state index is 12.6. The third-order valence-corrected chi connectivity index (χ3v) is 5.48. The monoisotopic (exact) mass is 369 g/mol. The summed E-state index contributed by atoms with van der Waals surface area (Å²) in [5.41, 5.74) is 2.11. The van der Waals surface area contributed by atoms with Crippen LogP contribution in [0.3, 0.4) is 0 Å². The second kappa shape index (κ2) is 8.90. The molecule has 1 amide bonds. The molecule has 0 N–H and O–H groups in total. The Bertz CT molecular complexity index is 763. The Morgan fingerprint density at radius 3 is 2.65 bits per heavy atom. The Morgan fingerprint density at radius 2 is 1.85 bits per heavy atom. The lowest BCUT2D eigenvalue weighted by Crippen LogP contribution is -2.44. The van der Waals surface area contributed by atoms with Crippen LogP contribution in [-0.2, 0) is 20.7 Å². The van der Waals surface area contributed by atoms with Crippen molar-refractivity contribution in [1.29, 1.82) is 0 Å². The summed E-state index contributed by atoms with van der Waals surface area (Å²) in [5.74, 6) is 0.147. The van der Waals surface area contributed by atoms with Crippen molar-refractivity contribution in [3.05, 3.63) is 60.2 Å². The SMILES string of the molecule is CC1CCc2ccccc2N1C(=O)COC(=O)CCSc1ccccc1. The van der Waals surface area contributed by atoms with E-state index in [1.165, 1.54) is 5.56 Å². The smallest absolute Gasteiger partial charge is 0.307 e. The number of benzene rings is 2.